The summed E-state index contributed by atoms with van der Waals surface area (Å²) in [6.45, 7) is 2.02. The van der Waals surface area contributed by atoms with Crippen molar-refractivity contribution in [1.82, 2.24) is 0 Å². The Balaban J connectivity index is 2.37. The second-order valence-electron chi connectivity index (χ2n) is 2.58. The van der Waals surface area contributed by atoms with Gasteiger partial charge in [-0.05, 0) is 19.8 Å². The monoisotopic (exact) mass is 143 g/mol. The van der Waals surface area contributed by atoms with E-state index in [1.54, 1.807) is 0 Å². The Labute approximate surface area is 60.8 Å². The molecule has 0 spiro atoms. The second kappa shape index (κ2) is 3.01. The molecule has 2 unspecified atom stereocenters. The number of hydrogen-bond acceptors (Lipinski definition) is 3. The van der Waals surface area contributed by atoms with Crippen molar-refractivity contribution >= 4 is 5.90 Å². The first-order chi connectivity index (χ1) is 4.74. The minimum absolute atomic E-state index is 0.0833. The zero-order valence-corrected chi connectivity index (χ0v) is 6.39. The van der Waals surface area contributed by atoms with Gasteiger partial charge in [-0.25, -0.2) is 0 Å². The van der Waals surface area contributed by atoms with E-state index in [1.807, 2.05) is 6.92 Å². The van der Waals surface area contributed by atoms with Crippen molar-refractivity contribution < 1.29 is 9.47 Å². The third-order valence-electron chi connectivity index (χ3n) is 1.74. The molecule has 0 aliphatic carbocycles. The molecule has 3 nitrogen and oxygen atoms in total. The van der Waals surface area contributed by atoms with E-state index < -0.39 is 0 Å². The highest BCUT2D eigenvalue weighted by Crippen LogP contribution is 2.19. The van der Waals surface area contributed by atoms with Crippen LogP contribution in [0, 0.1) is 5.41 Å². The smallest absolute Gasteiger partial charge is 0.210 e. The van der Waals surface area contributed by atoms with E-state index in [-0.39, 0.29) is 12.0 Å². The van der Waals surface area contributed by atoms with Crippen molar-refractivity contribution in [2.75, 3.05) is 7.11 Å². The highest BCUT2D eigenvalue weighted by atomic mass is 16.5. The average Bonchev–Trinajstić information content (AvgIpc) is 2.34. The fourth-order valence-electron chi connectivity index (χ4n) is 1.13. The molecule has 3 heteroatoms. The lowest BCUT2D eigenvalue weighted by molar-refractivity contribution is 0.0799. The Kier molecular flexibility index (Phi) is 2.27. The number of hydrogen-bond donors (Lipinski definition) is 1. The van der Waals surface area contributed by atoms with Crippen molar-refractivity contribution in [1.29, 1.82) is 5.41 Å². The van der Waals surface area contributed by atoms with Gasteiger partial charge in [0.2, 0.25) is 5.90 Å². The van der Waals surface area contributed by atoms with Gasteiger partial charge >= 0.3 is 0 Å². The molecule has 2 atom stereocenters. The molecule has 1 rings (SSSR count). The van der Waals surface area contributed by atoms with E-state index in [4.69, 9.17) is 14.9 Å². The lowest BCUT2D eigenvalue weighted by atomic mass is 10.2. The maximum absolute atomic E-state index is 7.28. The largest absolute Gasteiger partial charge is 0.483 e. The molecular formula is C7H13NO2. The first-order valence-electron chi connectivity index (χ1n) is 3.52. The highest BCUT2D eigenvalue weighted by Gasteiger charge is 2.25. The Hall–Kier alpha value is -0.570. The van der Waals surface area contributed by atoms with Crippen LogP contribution in [-0.4, -0.2) is 25.2 Å². The first kappa shape index (κ1) is 7.54. The summed E-state index contributed by atoms with van der Waals surface area (Å²) in [5.74, 6) is 0.254. The van der Waals surface area contributed by atoms with E-state index in [9.17, 15) is 0 Å². The van der Waals surface area contributed by atoms with Gasteiger partial charge in [0.05, 0.1) is 13.2 Å². The fourth-order valence-corrected chi connectivity index (χ4v) is 1.13. The summed E-state index contributed by atoms with van der Waals surface area (Å²) in [5.41, 5.74) is 0. The summed E-state index contributed by atoms with van der Waals surface area (Å²) in [4.78, 5) is 0. The van der Waals surface area contributed by atoms with Crippen molar-refractivity contribution in [3.8, 4) is 0 Å². The second-order valence-corrected chi connectivity index (χ2v) is 2.58. The van der Waals surface area contributed by atoms with Crippen LogP contribution < -0.4 is 0 Å². The molecular weight excluding hydrogens is 130 g/mol. The molecule has 0 bridgehead atoms. The molecule has 0 aromatic carbocycles. The van der Waals surface area contributed by atoms with Crippen molar-refractivity contribution in [3.05, 3.63) is 0 Å². The van der Waals surface area contributed by atoms with Crippen molar-refractivity contribution in [2.45, 2.75) is 32.0 Å². The molecule has 58 valence electrons. The Morgan fingerprint density at radius 2 is 2.30 bits per heavy atom. The minimum Gasteiger partial charge on any atom is -0.483 e. The van der Waals surface area contributed by atoms with Crippen LogP contribution in [0.1, 0.15) is 19.8 Å². The lowest BCUT2D eigenvalue weighted by Crippen LogP contribution is -2.20. The molecule has 1 heterocycles. The predicted molar refractivity (Wildman–Crippen MR) is 38.3 cm³/mol. The topological polar surface area (TPSA) is 42.3 Å². The van der Waals surface area contributed by atoms with Gasteiger partial charge in [-0.15, -0.1) is 0 Å². The molecule has 1 saturated heterocycles. The SMILES string of the molecule is COC(=N)C1CCC(C)O1. The van der Waals surface area contributed by atoms with Crippen molar-refractivity contribution in [2.24, 2.45) is 0 Å². The van der Waals surface area contributed by atoms with Gasteiger partial charge < -0.3 is 9.47 Å². The Morgan fingerprint density at radius 3 is 2.70 bits per heavy atom. The van der Waals surface area contributed by atoms with E-state index in [2.05, 4.69) is 0 Å². The molecule has 1 fully saturated rings. The van der Waals surface area contributed by atoms with Gasteiger partial charge in [-0.3, -0.25) is 5.41 Å². The van der Waals surface area contributed by atoms with Gasteiger partial charge in [0.15, 0.2) is 0 Å². The van der Waals surface area contributed by atoms with E-state index >= 15 is 0 Å². The van der Waals surface area contributed by atoms with Crippen LogP contribution in [0.2, 0.25) is 0 Å². The molecule has 0 amide bonds. The van der Waals surface area contributed by atoms with E-state index in [0.717, 1.165) is 12.8 Å². The quantitative estimate of drug-likeness (QED) is 0.442. The Bertz CT molecular complexity index is 136. The summed E-state index contributed by atoms with van der Waals surface area (Å²) in [7, 11) is 1.51. The molecule has 10 heavy (non-hydrogen) atoms. The molecule has 1 aliphatic rings. The summed E-state index contributed by atoms with van der Waals surface area (Å²) in [6.07, 6.45) is 2.17. The summed E-state index contributed by atoms with van der Waals surface area (Å²) in [5, 5.41) is 7.28. The van der Waals surface area contributed by atoms with Gasteiger partial charge in [0.25, 0.3) is 0 Å². The first-order valence-corrected chi connectivity index (χ1v) is 3.52. The highest BCUT2D eigenvalue weighted by molar-refractivity contribution is 5.77. The molecule has 0 aromatic rings. The normalized spacial score (nSPS) is 32.2. The summed E-state index contributed by atoms with van der Waals surface area (Å²) < 4.78 is 10.1. The number of rotatable bonds is 1. The van der Waals surface area contributed by atoms with Crippen LogP contribution in [0.4, 0.5) is 0 Å². The minimum atomic E-state index is -0.0833. The number of nitrogens with one attached hydrogen (secondary N) is 1. The van der Waals surface area contributed by atoms with Gasteiger partial charge in [-0.2, -0.15) is 0 Å². The fraction of sp³-hybridized carbons (Fsp3) is 0.857. The zero-order valence-electron chi connectivity index (χ0n) is 6.39. The molecule has 1 N–H and O–H groups in total. The summed E-state index contributed by atoms with van der Waals surface area (Å²) in [6, 6.07) is 0. The molecule has 0 saturated carbocycles. The average molecular weight is 143 g/mol. The number of methoxy groups -OCH3 is 1. The maximum Gasteiger partial charge on any atom is 0.210 e. The molecule has 0 radical (unpaired) electrons. The van der Waals surface area contributed by atoms with E-state index in [1.165, 1.54) is 7.11 Å². The van der Waals surface area contributed by atoms with Gasteiger partial charge in [0.1, 0.15) is 6.10 Å². The maximum atomic E-state index is 7.28. The van der Waals surface area contributed by atoms with Crippen LogP contribution in [0.5, 0.6) is 0 Å². The predicted octanol–water partition coefficient (Wildman–Crippen LogP) is 1.18. The van der Waals surface area contributed by atoms with Gasteiger partial charge in [0, 0.05) is 0 Å². The van der Waals surface area contributed by atoms with E-state index in [0.29, 0.717) is 6.10 Å². The van der Waals surface area contributed by atoms with Crippen LogP contribution in [-0.2, 0) is 9.47 Å². The summed E-state index contributed by atoms with van der Waals surface area (Å²) >= 11 is 0. The van der Waals surface area contributed by atoms with Crippen LogP contribution >= 0.6 is 0 Å². The third kappa shape index (κ3) is 1.48. The van der Waals surface area contributed by atoms with Crippen LogP contribution in [0.25, 0.3) is 0 Å². The Morgan fingerprint density at radius 1 is 1.60 bits per heavy atom. The van der Waals surface area contributed by atoms with Gasteiger partial charge in [-0.1, -0.05) is 0 Å². The third-order valence-corrected chi connectivity index (χ3v) is 1.74. The zero-order chi connectivity index (χ0) is 7.56. The van der Waals surface area contributed by atoms with Crippen LogP contribution in [0.15, 0.2) is 0 Å². The molecule has 0 aromatic heterocycles. The lowest BCUT2D eigenvalue weighted by Gasteiger charge is -2.09. The van der Waals surface area contributed by atoms with Crippen molar-refractivity contribution in [3.63, 3.8) is 0 Å². The number of ether oxygens (including phenoxy) is 2. The van der Waals surface area contributed by atoms with Crippen LogP contribution in [0.3, 0.4) is 0 Å². The standard InChI is InChI=1S/C7H13NO2/c1-5-3-4-6(10-5)7(8)9-2/h5-6,8H,3-4H2,1-2H3. The molecule has 1 aliphatic heterocycles.